The van der Waals surface area contributed by atoms with Crippen LogP contribution in [0.2, 0.25) is 0 Å². The molecule has 0 fully saturated rings. The Morgan fingerprint density at radius 3 is 2.75 bits per heavy atom. The Kier molecular flexibility index (Phi) is 5.37. The highest BCUT2D eigenvalue weighted by Gasteiger charge is 1.99. The third kappa shape index (κ3) is 4.80. The van der Waals surface area contributed by atoms with Crippen LogP contribution in [0.4, 0.5) is 0 Å². The highest BCUT2D eigenvalue weighted by Crippen LogP contribution is 2.16. The van der Waals surface area contributed by atoms with Gasteiger partial charge >= 0.3 is 0 Å². The van der Waals surface area contributed by atoms with Gasteiger partial charge in [-0.3, -0.25) is 10.1 Å². The van der Waals surface area contributed by atoms with Crippen LogP contribution in [0.1, 0.15) is 12.8 Å². The summed E-state index contributed by atoms with van der Waals surface area (Å²) in [6, 6.07) is 7.47. The van der Waals surface area contributed by atoms with E-state index < -0.39 is 0 Å². The minimum absolute atomic E-state index is 0.276. The Morgan fingerprint density at radius 2 is 2.12 bits per heavy atom. The van der Waals surface area contributed by atoms with Crippen molar-refractivity contribution < 1.29 is 9.53 Å². The average Bonchev–Trinajstić information content (AvgIpc) is 2.27. The molecule has 0 atom stereocenters. The SMILES string of the molecule is N#CNC(=O)CCCOc1ccc(Br)cc1. The van der Waals surface area contributed by atoms with Crippen molar-refractivity contribution in [1.82, 2.24) is 5.32 Å². The molecule has 16 heavy (non-hydrogen) atoms. The quantitative estimate of drug-likeness (QED) is 0.512. The zero-order chi connectivity index (χ0) is 11.8. The molecule has 4 nitrogen and oxygen atoms in total. The summed E-state index contributed by atoms with van der Waals surface area (Å²) >= 11 is 3.32. The summed E-state index contributed by atoms with van der Waals surface area (Å²) in [4.78, 5) is 10.9. The number of halogens is 1. The molecule has 5 heteroatoms. The van der Waals surface area contributed by atoms with Crippen molar-refractivity contribution in [2.45, 2.75) is 12.8 Å². The second-order valence-corrected chi connectivity index (χ2v) is 3.98. The monoisotopic (exact) mass is 282 g/mol. The normalized spacial score (nSPS) is 9.25. The van der Waals surface area contributed by atoms with E-state index in [0.717, 1.165) is 10.2 Å². The molecule has 0 aromatic heterocycles. The third-order valence-corrected chi connectivity index (χ3v) is 2.35. The Balaban J connectivity index is 2.19. The van der Waals surface area contributed by atoms with E-state index in [2.05, 4.69) is 21.2 Å². The molecule has 0 saturated carbocycles. The minimum Gasteiger partial charge on any atom is -0.494 e. The first-order chi connectivity index (χ1) is 7.72. The van der Waals surface area contributed by atoms with E-state index in [1.807, 2.05) is 24.3 Å². The first-order valence-corrected chi connectivity index (χ1v) is 5.58. The second kappa shape index (κ2) is 6.85. The zero-order valence-electron chi connectivity index (χ0n) is 8.57. The summed E-state index contributed by atoms with van der Waals surface area (Å²) in [7, 11) is 0. The fraction of sp³-hybridized carbons (Fsp3) is 0.273. The van der Waals surface area contributed by atoms with Crippen molar-refractivity contribution in [2.24, 2.45) is 0 Å². The van der Waals surface area contributed by atoms with Crippen molar-refractivity contribution in [2.75, 3.05) is 6.61 Å². The summed E-state index contributed by atoms with van der Waals surface area (Å²) in [5.41, 5.74) is 0. The molecule has 1 aromatic carbocycles. The predicted molar refractivity (Wildman–Crippen MR) is 62.6 cm³/mol. The lowest BCUT2D eigenvalue weighted by Gasteiger charge is -2.05. The number of hydrogen-bond acceptors (Lipinski definition) is 3. The van der Waals surface area contributed by atoms with Gasteiger partial charge in [-0.2, -0.15) is 5.26 Å². The van der Waals surface area contributed by atoms with E-state index in [-0.39, 0.29) is 5.91 Å². The van der Waals surface area contributed by atoms with Gasteiger partial charge in [0.1, 0.15) is 5.75 Å². The Labute approximate surface area is 102 Å². The topological polar surface area (TPSA) is 62.1 Å². The Bertz CT molecular complexity index is 384. The number of amides is 1. The molecule has 1 amide bonds. The molecule has 0 saturated heterocycles. The summed E-state index contributed by atoms with van der Waals surface area (Å²) < 4.78 is 6.40. The van der Waals surface area contributed by atoms with Gasteiger partial charge in [-0.15, -0.1) is 0 Å². The number of benzene rings is 1. The maximum Gasteiger partial charge on any atom is 0.233 e. The molecule has 0 aliphatic rings. The number of ether oxygens (including phenoxy) is 1. The fourth-order valence-corrected chi connectivity index (χ4v) is 1.34. The van der Waals surface area contributed by atoms with Gasteiger partial charge in [-0.25, -0.2) is 0 Å². The van der Waals surface area contributed by atoms with Crippen molar-refractivity contribution >= 4 is 21.8 Å². The van der Waals surface area contributed by atoms with Crippen molar-refractivity contribution in [1.29, 1.82) is 5.26 Å². The molecule has 1 N–H and O–H groups in total. The summed E-state index contributed by atoms with van der Waals surface area (Å²) in [6.07, 6.45) is 2.47. The zero-order valence-corrected chi connectivity index (χ0v) is 10.2. The molecule has 0 spiro atoms. The van der Waals surface area contributed by atoms with E-state index in [0.29, 0.717) is 19.4 Å². The van der Waals surface area contributed by atoms with Gasteiger partial charge in [0, 0.05) is 10.9 Å². The van der Waals surface area contributed by atoms with Gasteiger partial charge in [0.2, 0.25) is 5.91 Å². The van der Waals surface area contributed by atoms with Crippen LogP contribution < -0.4 is 10.1 Å². The van der Waals surface area contributed by atoms with E-state index in [1.165, 1.54) is 0 Å². The first-order valence-electron chi connectivity index (χ1n) is 4.78. The van der Waals surface area contributed by atoms with E-state index in [9.17, 15) is 4.79 Å². The van der Waals surface area contributed by atoms with Crippen molar-refractivity contribution in [3.05, 3.63) is 28.7 Å². The van der Waals surface area contributed by atoms with E-state index >= 15 is 0 Å². The molecular weight excluding hydrogens is 272 g/mol. The molecular formula is C11H11BrN2O2. The van der Waals surface area contributed by atoms with Gasteiger partial charge in [0.25, 0.3) is 0 Å². The van der Waals surface area contributed by atoms with Gasteiger partial charge in [-0.05, 0) is 30.7 Å². The van der Waals surface area contributed by atoms with Crippen LogP contribution in [-0.2, 0) is 4.79 Å². The van der Waals surface area contributed by atoms with Crippen LogP contribution in [0.25, 0.3) is 0 Å². The minimum atomic E-state index is -0.276. The molecule has 1 rings (SSSR count). The number of carbonyl (C=O) groups is 1. The van der Waals surface area contributed by atoms with Crippen LogP contribution in [0.5, 0.6) is 5.75 Å². The number of hydrogen-bond donors (Lipinski definition) is 1. The first kappa shape index (κ1) is 12.5. The second-order valence-electron chi connectivity index (χ2n) is 3.07. The Morgan fingerprint density at radius 1 is 1.44 bits per heavy atom. The van der Waals surface area contributed by atoms with Crippen LogP contribution in [0.15, 0.2) is 28.7 Å². The number of nitriles is 1. The van der Waals surface area contributed by atoms with Gasteiger partial charge < -0.3 is 4.74 Å². The summed E-state index contributed by atoms with van der Waals surface area (Å²) in [5.74, 6) is 0.491. The molecule has 84 valence electrons. The lowest BCUT2D eigenvalue weighted by molar-refractivity contribution is -0.120. The van der Waals surface area contributed by atoms with E-state index in [1.54, 1.807) is 6.19 Å². The highest BCUT2D eigenvalue weighted by molar-refractivity contribution is 9.10. The van der Waals surface area contributed by atoms with Crippen LogP contribution in [0, 0.1) is 11.5 Å². The molecule has 0 aliphatic heterocycles. The fourth-order valence-electron chi connectivity index (χ4n) is 1.08. The smallest absolute Gasteiger partial charge is 0.233 e. The molecule has 0 bridgehead atoms. The molecule has 0 radical (unpaired) electrons. The molecule has 0 aliphatic carbocycles. The van der Waals surface area contributed by atoms with Gasteiger partial charge in [0.15, 0.2) is 6.19 Å². The lowest BCUT2D eigenvalue weighted by Crippen LogP contribution is -2.17. The third-order valence-electron chi connectivity index (χ3n) is 1.83. The van der Waals surface area contributed by atoms with Crippen LogP contribution in [0.3, 0.4) is 0 Å². The lowest BCUT2D eigenvalue weighted by atomic mass is 10.3. The maximum absolute atomic E-state index is 10.9. The number of nitrogens with zero attached hydrogens (tertiary/aromatic N) is 1. The van der Waals surface area contributed by atoms with Crippen LogP contribution >= 0.6 is 15.9 Å². The van der Waals surface area contributed by atoms with Gasteiger partial charge in [0.05, 0.1) is 6.61 Å². The van der Waals surface area contributed by atoms with Crippen LogP contribution in [-0.4, -0.2) is 12.5 Å². The highest BCUT2D eigenvalue weighted by atomic mass is 79.9. The standard InChI is InChI=1S/C11H11BrN2O2/c12-9-3-5-10(6-4-9)16-7-1-2-11(15)14-8-13/h3-6H,1-2,7H2,(H,14,15). The molecule has 0 heterocycles. The summed E-state index contributed by atoms with van der Waals surface area (Å²) in [5, 5.41) is 10.2. The largest absolute Gasteiger partial charge is 0.494 e. The number of carbonyl (C=O) groups excluding carboxylic acids is 1. The Hall–Kier alpha value is -1.54. The number of nitrogens with one attached hydrogen (secondary N) is 1. The maximum atomic E-state index is 10.9. The molecule has 0 unspecified atom stereocenters. The number of rotatable bonds is 5. The van der Waals surface area contributed by atoms with Crippen molar-refractivity contribution in [3.63, 3.8) is 0 Å². The summed E-state index contributed by atoms with van der Waals surface area (Å²) in [6.45, 7) is 0.459. The van der Waals surface area contributed by atoms with E-state index in [4.69, 9.17) is 10.00 Å². The predicted octanol–water partition coefficient (Wildman–Crippen LogP) is 2.21. The average molecular weight is 283 g/mol. The van der Waals surface area contributed by atoms with Gasteiger partial charge in [-0.1, -0.05) is 15.9 Å². The van der Waals surface area contributed by atoms with Crippen molar-refractivity contribution in [3.8, 4) is 11.9 Å². The molecule has 1 aromatic rings.